The van der Waals surface area contributed by atoms with Crippen LogP contribution in [0.25, 0.3) is 10.9 Å². The first-order valence-corrected chi connectivity index (χ1v) is 13.0. The van der Waals surface area contributed by atoms with Crippen molar-refractivity contribution in [3.8, 4) is 6.07 Å². The number of aliphatic hydroxyl groups is 1. The van der Waals surface area contributed by atoms with Gasteiger partial charge in [0.05, 0.1) is 16.6 Å². The molecule has 5 rings (SSSR count). The highest BCUT2D eigenvalue weighted by Crippen LogP contribution is 2.46. The van der Waals surface area contributed by atoms with Gasteiger partial charge in [0, 0.05) is 17.8 Å². The Hall–Kier alpha value is -2.60. The van der Waals surface area contributed by atoms with Crippen molar-refractivity contribution in [1.29, 1.82) is 5.26 Å². The van der Waals surface area contributed by atoms with E-state index >= 15 is 0 Å². The van der Waals surface area contributed by atoms with Gasteiger partial charge < -0.3 is 20.3 Å². The molecule has 2 aromatic rings. The van der Waals surface area contributed by atoms with E-state index in [0.29, 0.717) is 42.2 Å². The molecule has 0 radical (unpaired) electrons. The van der Waals surface area contributed by atoms with Gasteiger partial charge >= 0.3 is 0 Å². The molecule has 3 aliphatic rings. The number of H-pyrrole nitrogens is 1. The van der Waals surface area contributed by atoms with E-state index in [9.17, 15) is 20.0 Å². The highest BCUT2D eigenvalue weighted by atomic mass is 35.5. The van der Waals surface area contributed by atoms with E-state index in [-0.39, 0.29) is 23.1 Å². The molecule has 1 spiro atoms. The lowest BCUT2D eigenvalue weighted by atomic mass is 9.72. The van der Waals surface area contributed by atoms with Gasteiger partial charge in [-0.25, -0.2) is 0 Å². The minimum Gasteiger partial charge on any atom is -0.378 e. The van der Waals surface area contributed by atoms with E-state index in [1.54, 1.807) is 17.0 Å². The molecule has 3 heterocycles. The number of hydrogen-bond acceptors (Lipinski definition) is 5. The number of aromatic amines is 1. The number of amides is 2. The summed E-state index contributed by atoms with van der Waals surface area (Å²) in [7, 11) is 0. The summed E-state index contributed by atoms with van der Waals surface area (Å²) in [6.07, 6.45) is 6.47. The van der Waals surface area contributed by atoms with Crippen LogP contribution in [0.3, 0.4) is 0 Å². The van der Waals surface area contributed by atoms with Gasteiger partial charge in [0.25, 0.3) is 5.91 Å². The van der Waals surface area contributed by atoms with Crippen molar-refractivity contribution in [1.82, 2.24) is 20.5 Å². The fourth-order valence-corrected chi connectivity index (χ4v) is 6.49. The summed E-state index contributed by atoms with van der Waals surface area (Å²) in [5.74, 6) is -0.590. The van der Waals surface area contributed by atoms with Crippen LogP contribution in [0.2, 0.25) is 5.02 Å². The smallest absolute Gasteiger partial charge is 0.271 e. The number of nitrogens with one attached hydrogen (secondary N) is 3. The quantitative estimate of drug-likeness (QED) is 0.505. The topological polar surface area (TPSA) is 121 Å². The second-order valence-electron chi connectivity index (χ2n) is 10.5. The average Bonchev–Trinajstić information content (AvgIpc) is 3.57. The molecule has 2 saturated heterocycles. The van der Waals surface area contributed by atoms with Crippen LogP contribution in [-0.2, 0) is 4.79 Å². The van der Waals surface area contributed by atoms with Gasteiger partial charge in [0.2, 0.25) is 5.91 Å². The Morgan fingerprint density at radius 2 is 2.11 bits per heavy atom. The maximum Gasteiger partial charge on any atom is 0.271 e. The molecule has 8 nitrogen and oxygen atoms in total. The van der Waals surface area contributed by atoms with Gasteiger partial charge in [0.1, 0.15) is 24.0 Å². The number of halogens is 1. The number of para-hydroxylation sites is 1. The van der Waals surface area contributed by atoms with Crippen molar-refractivity contribution >= 4 is 34.3 Å². The maximum absolute atomic E-state index is 13.7. The first-order chi connectivity index (χ1) is 16.9. The molecule has 1 aromatic heterocycles. The Morgan fingerprint density at radius 1 is 1.31 bits per heavy atom. The first kappa shape index (κ1) is 24.1. The molecular weight excluding hydrogens is 466 g/mol. The van der Waals surface area contributed by atoms with E-state index in [0.717, 1.165) is 37.5 Å². The van der Waals surface area contributed by atoms with Crippen LogP contribution in [0.15, 0.2) is 24.3 Å². The fraction of sp³-hybridized carbons (Fsp3) is 0.577. The predicted octanol–water partition coefficient (Wildman–Crippen LogP) is 3.31. The zero-order valence-electron chi connectivity index (χ0n) is 19.7. The summed E-state index contributed by atoms with van der Waals surface area (Å²) < 4.78 is 0. The number of hydrogen-bond donors (Lipinski definition) is 4. The van der Waals surface area contributed by atoms with Gasteiger partial charge in [0.15, 0.2) is 0 Å². The summed E-state index contributed by atoms with van der Waals surface area (Å²) in [4.78, 5) is 32.1. The normalized spacial score (nSPS) is 26.7. The third kappa shape index (κ3) is 4.77. The van der Waals surface area contributed by atoms with Crippen molar-refractivity contribution in [2.45, 2.75) is 69.7 Å². The van der Waals surface area contributed by atoms with E-state index in [1.807, 2.05) is 12.1 Å². The molecule has 9 heteroatoms. The molecule has 0 bridgehead atoms. The molecule has 2 amide bonds. The summed E-state index contributed by atoms with van der Waals surface area (Å²) in [6.45, 7) is 1.23. The Kier molecular flexibility index (Phi) is 6.75. The zero-order chi connectivity index (χ0) is 24.6. The zero-order valence-corrected chi connectivity index (χ0v) is 20.5. The van der Waals surface area contributed by atoms with Crippen molar-refractivity contribution in [3.63, 3.8) is 0 Å². The molecule has 3 fully saturated rings. The summed E-state index contributed by atoms with van der Waals surface area (Å²) in [5.41, 5.74) is 1.06. The number of fused-ring (bicyclic) bond motifs is 1. The Bertz CT molecular complexity index is 1150. The van der Waals surface area contributed by atoms with Crippen LogP contribution < -0.4 is 10.6 Å². The number of carbonyl (C=O) groups excluding carboxylic acids is 2. The number of carbonyl (C=O) groups is 2. The number of rotatable bonds is 5. The minimum atomic E-state index is -0.714. The van der Waals surface area contributed by atoms with Crippen molar-refractivity contribution < 1.29 is 14.7 Å². The van der Waals surface area contributed by atoms with Crippen molar-refractivity contribution in [2.24, 2.45) is 11.3 Å². The van der Waals surface area contributed by atoms with Crippen molar-refractivity contribution in [3.05, 3.63) is 35.0 Å². The summed E-state index contributed by atoms with van der Waals surface area (Å²) in [5, 5.41) is 27.0. The Morgan fingerprint density at radius 3 is 2.80 bits per heavy atom. The van der Waals surface area contributed by atoms with Gasteiger partial charge in [-0.1, -0.05) is 43.0 Å². The molecule has 2 unspecified atom stereocenters. The second kappa shape index (κ2) is 9.81. The van der Waals surface area contributed by atoms with Gasteiger partial charge in [-0.3, -0.25) is 14.9 Å². The molecule has 35 heavy (non-hydrogen) atoms. The Balaban J connectivity index is 1.38. The maximum atomic E-state index is 13.7. The lowest BCUT2D eigenvalue weighted by molar-refractivity contribution is -0.125. The number of nitrogens with zero attached hydrogens (tertiary/aromatic N) is 2. The van der Waals surface area contributed by atoms with Crippen LogP contribution in [0, 0.1) is 22.7 Å². The van der Waals surface area contributed by atoms with Crippen molar-refractivity contribution in [2.75, 3.05) is 13.1 Å². The highest BCUT2D eigenvalue weighted by molar-refractivity contribution is 6.35. The molecule has 4 atom stereocenters. The molecular formula is C26H32ClN5O3. The number of nitriles is 1. The van der Waals surface area contributed by atoms with E-state index in [2.05, 4.69) is 21.7 Å². The first-order valence-electron chi connectivity index (χ1n) is 12.6. The number of aromatic nitrogens is 1. The van der Waals surface area contributed by atoms with E-state index in [4.69, 9.17) is 11.6 Å². The molecule has 1 aromatic carbocycles. The molecule has 2 aliphatic heterocycles. The Labute approximate surface area is 210 Å². The summed E-state index contributed by atoms with van der Waals surface area (Å²) >= 11 is 6.31. The van der Waals surface area contributed by atoms with Gasteiger partial charge in [-0.2, -0.15) is 5.26 Å². The predicted molar refractivity (Wildman–Crippen MR) is 133 cm³/mol. The third-order valence-electron chi connectivity index (χ3n) is 8.15. The van der Waals surface area contributed by atoms with Crippen LogP contribution >= 0.6 is 11.6 Å². The molecule has 186 valence electrons. The standard InChI is InChI=1S/C26H32ClN5O3/c27-19-6-4-5-16-12-20(31-22(16)19)25(35)32-15-26(8-2-1-3-9-26)13-21(32)24(34)30-18(14-28)11-17-7-10-29-23(17)33/h4-6,12,17-18,21,23,29,31,33H,1-3,7-11,13,15H2,(H,30,34)/t17-,18-,21?,23?/m0/s1. The van der Waals surface area contributed by atoms with E-state index < -0.39 is 18.3 Å². The highest BCUT2D eigenvalue weighted by Gasteiger charge is 2.49. The number of likely N-dealkylation sites (tertiary alicyclic amines) is 1. The SMILES string of the molecule is N#C[C@H](C[C@@H]1CCNC1O)NC(=O)C1CC2(CCCCC2)CN1C(=O)c1cc2cccc(Cl)c2[nH]1. The van der Waals surface area contributed by atoms with Gasteiger partial charge in [-0.15, -0.1) is 0 Å². The van der Waals surface area contributed by atoms with Crippen LogP contribution in [-0.4, -0.2) is 58.2 Å². The second-order valence-corrected chi connectivity index (χ2v) is 10.9. The molecule has 4 N–H and O–H groups in total. The monoisotopic (exact) mass is 497 g/mol. The fourth-order valence-electron chi connectivity index (χ4n) is 6.26. The average molecular weight is 498 g/mol. The lowest BCUT2D eigenvalue weighted by Crippen LogP contribution is -2.49. The molecule has 1 saturated carbocycles. The minimum absolute atomic E-state index is 0.0622. The lowest BCUT2D eigenvalue weighted by Gasteiger charge is -2.32. The van der Waals surface area contributed by atoms with Crippen LogP contribution in [0.4, 0.5) is 0 Å². The van der Waals surface area contributed by atoms with Gasteiger partial charge in [-0.05, 0) is 56.2 Å². The largest absolute Gasteiger partial charge is 0.378 e. The number of aliphatic hydroxyl groups excluding tert-OH is 1. The van der Waals surface area contributed by atoms with Crippen LogP contribution in [0.1, 0.15) is 61.9 Å². The van der Waals surface area contributed by atoms with Crippen LogP contribution in [0.5, 0.6) is 0 Å². The third-order valence-corrected chi connectivity index (χ3v) is 8.46. The molecule has 1 aliphatic carbocycles. The summed E-state index contributed by atoms with van der Waals surface area (Å²) in [6, 6.07) is 8.13. The number of benzene rings is 1. The van der Waals surface area contributed by atoms with E-state index in [1.165, 1.54) is 6.42 Å².